The molecule has 1 N–H and O–H groups in total. The van der Waals surface area contributed by atoms with Gasteiger partial charge in [0.2, 0.25) is 0 Å². The molecule has 2 nitrogen and oxygen atoms in total. The number of nitrogens with one attached hydrogen (secondary N) is 1. The van der Waals surface area contributed by atoms with E-state index in [0.29, 0.717) is 0 Å². The van der Waals surface area contributed by atoms with Crippen molar-refractivity contribution in [2.75, 3.05) is 26.3 Å². The summed E-state index contributed by atoms with van der Waals surface area (Å²) in [4.78, 5) is 0. The van der Waals surface area contributed by atoms with E-state index in [1.54, 1.807) is 0 Å². The second kappa shape index (κ2) is 7.24. The first kappa shape index (κ1) is 12.0. The number of hydrogen-bond acceptors (Lipinski definition) is 2. The van der Waals surface area contributed by atoms with Crippen LogP contribution in [0, 0.1) is 11.8 Å². The average Bonchev–Trinajstić information content (AvgIpc) is 2.63. The number of unbranched alkanes of at least 4 members (excludes halogenated alkanes) is 1. The molecule has 1 atom stereocenters. The molecular formula is C12H25NO. The van der Waals surface area contributed by atoms with Crippen molar-refractivity contribution < 1.29 is 4.74 Å². The lowest BCUT2D eigenvalue weighted by atomic mass is 10.0. The fourth-order valence-corrected chi connectivity index (χ4v) is 1.88. The van der Waals surface area contributed by atoms with E-state index in [0.717, 1.165) is 31.6 Å². The molecule has 0 aromatic rings. The van der Waals surface area contributed by atoms with E-state index in [-0.39, 0.29) is 0 Å². The lowest BCUT2D eigenvalue weighted by Gasteiger charge is -2.09. The SMILES string of the molecule is CC(C)CNCCCCC1CCOC1. The molecule has 0 amide bonds. The van der Waals surface area contributed by atoms with Crippen LogP contribution in [-0.2, 0) is 4.74 Å². The molecule has 1 heterocycles. The Hall–Kier alpha value is -0.0800. The van der Waals surface area contributed by atoms with Crippen LogP contribution < -0.4 is 5.32 Å². The monoisotopic (exact) mass is 199 g/mol. The quantitative estimate of drug-likeness (QED) is 0.636. The Morgan fingerprint density at radius 3 is 2.86 bits per heavy atom. The van der Waals surface area contributed by atoms with Crippen LogP contribution in [0.4, 0.5) is 0 Å². The van der Waals surface area contributed by atoms with Gasteiger partial charge in [0.05, 0.1) is 0 Å². The highest BCUT2D eigenvalue weighted by Gasteiger charge is 2.14. The van der Waals surface area contributed by atoms with Gasteiger partial charge in [-0.1, -0.05) is 20.3 Å². The Labute approximate surface area is 88.4 Å². The lowest BCUT2D eigenvalue weighted by Crippen LogP contribution is -2.20. The molecule has 0 radical (unpaired) electrons. The predicted octanol–water partition coefficient (Wildman–Crippen LogP) is 2.44. The molecule has 14 heavy (non-hydrogen) atoms. The van der Waals surface area contributed by atoms with Crippen molar-refractivity contribution in [2.45, 2.75) is 39.5 Å². The molecule has 1 aliphatic heterocycles. The van der Waals surface area contributed by atoms with Gasteiger partial charge in [0.25, 0.3) is 0 Å². The molecule has 1 aliphatic rings. The van der Waals surface area contributed by atoms with Crippen molar-refractivity contribution >= 4 is 0 Å². The molecule has 0 aromatic heterocycles. The minimum atomic E-state index is 0.776. The van der Waals surface area contributed by atoms with Gasteiger partial charge in [0, 0.05) is 13.2 Å². The zero-order valence-electron chi connectivity index (χ0n) is 9.72. The maximum Gasteiger partial charge on any atom is 0.0495 e. The van der Waals surface area contributed by atoms with E-state index in [4.69, 9.17) is 4.74 Å². The van der Waals surface area contributed by atoms with Crippen molar-refractivity contribution in [1.29, 1.82) is 0 Å². The third kappa shape index (κ3) is 5.61. The minimum Gasteiger partial charge on any atom is -0.381 e. The Balaban J connectivity index is 1.79. The van der Waals surface area contributed by atoms with Crippen LogP contribution in [0.15, 0.2) is 0 Å². The van der Waals surface area contributed by atoms with Crippen LogP contribution in [-0.4, -0.2) is 26.3 Å². The first-order valence-electron chi connectivity index (χ1n) is 6.07. The Morgan fingerprint density at radius 1 is 1.36 bits per heavy atom. The standard InChI is InChI=1S/C12H25NO/c1-11(2)9-13-7-4-3-5-12-6-8-14-10-12/h11-13H,3-10H2,1-2H3. The fourth-order valence-electron chi connectivity index (χ4n) is 1.88. The molecule has 0 saturated carbocycles. The minimum absolute atomic E-state index is 0.776. The van der Waals surface area contributed by atoms with Gasteiger partial charge < -0.3 is 10.1 Å². The topological polar surface area (TPSA) is 21.3 Å². The van der Waals surface area contributed by atoms with Crippen LogP contribution in [0.3, 0.4) is 0 Å². The van der Waals surface area contributed by atoms with E-state index in [1.807, 2.05) is 0 Å². The molecule has 1 fully saturated rings. The van der Waals surface area contributed by atoms with Crippen LogP contribution in [0.2, 0.25) is 0 Å². The maximum absolute atomic E-state index is 5.35. The van der Waals surface area contributed by atoms with E-state index >= 15 is 0 Å². The summed E-state index contributed by atoms with van der Waals surface area (Å²) in [6.07, 6.45) is 5.34. The van der Waals surface area contributed by atoms with Gasteiger partial charge in [0.1, 0.15) is 0 Å². The largest absolute Gasteiger partial charge is 0.381 e. The molecule has 1 rings (SSSR count). The van der Waals surface area contributed by atoms with Crippen molar-refractivity contribution in [1.82, 2.24) is 5.32 Å². The van der Waals surface area contributed by atoms with Gasteiger partial charge >= 0.3 is 0 Å². The number of rotatable bonds is 7. The first-order chi connectivity index (χ1) is 6.79. The van der Waals surface area contributed by atoms with Crippen LogP contribution >= 0.6 is 0 Å². The van der Waals surface area contributed by atoms with Crippen molar-refractivity contribution in [3.05, 3.63) is 0 Å². The molecule has 0 spiro atoms. The van der Waals surface area contributed by atoms with Gasteiger partial charge in [-0.15, -0.1) is 0 Å². The summed E-state index contributed by atoms with van der Waals surface area (Å²) in [5, 5.41) is 3.48. The summed E-state index contributed by atoms with van der Waals surface area (Å²) in [6, 6.07) is 0. The smallest absolute Gasteiger partial charge is 0.0495 e. The molecule has 0 bridgehead atoms. The summed E-state index contributed by atoms with van der Waals surface area (Å²) in [6.45, 7) is 8.86. The number of ether oxygens (including phenoxy) is 1. The van der Waals surface area contributed by atoms with Crippen LogP contribution in [0.1, 0.15) is 39.5 Å². The average molecular weight is 199 g/mol. The second-order valence-electron chi connectivity index (χ2n) is 4.82. The normalized spacial score (nSPS) is 22.1. The lowest BCUT2D eigenvalue weighted by molar-refractivity contribution is 0.183. The van der Waals surface area contributed by atoms with Gasteiger partial charge in [-0.2, -0.15) is 0 Å². The van der Waals surface area contributed by atoms with E-state index < -0.39 is 0 Å². The van der Waals surface area contributed by atoms with E-state index in [9.17, 15) is 0 Å². The first-order valence-corrected chi connectivity index (χ1v) is 6.07. The van der Waals surface area contributed by atoms with Gasteiger partial charge in [0.15, 0.2) is 0 Å². The van der Waals surface area contributed by atoms with Crippen molar-refractivity contribution in [2.24, 2.45) is 11.8 Å². The molecule has 0 aromatic carbocycles. The third-order valence-electron chi connectivity index (χ3n) is 2.79. The zero-order chi connectivity index (χ0) is 10.2. The fraction of sp³-hybridized carbons (Fsp3) is 1.00. The summed E-state index contributed by atoms with van der Waals surface area (Å²) in [7, 11) is 0. The Morgan fingerprint density at radius 2 is 2.21 bits per heavy atom. The third-order valence-corrected chi connectivity index (χ3v) is 2.79. The Kier molecular flexibility index (Phi) is 6.20. The molecule has 2 heteroatoms. The van der Waals surface area contributed by atoms with E-state index in [1.165, 1.54) is 32.2 Å². The zero-order valence-corrected chi connectivity index (χ0v) is 9.72. The second-order valence-corrected chi connectivity index (χ2v) is 4.82. The van der Waals surface area contributed by atoms with Crippen molar-refractivity contribution in [3.63, 3.8) is 0 Å². The predicted molar refractivity (Wildman–Crippen MR) is 60.5 cm³/mol. The van der Waals surface area contributed by atoms with Crippen LogP contribution in [0.5, 0.6) is 0 Å². The van der Waals surface area contributed by atoms with Gasteiger partial charge in [-0.25, -0.2) is 0 Å². The Bertz CT molecular complexity index is 130. The molecule has 1 saturated heterocycles. The number of hydrogen-bond donors (Lipinski definition) is 1. The van der Waals surface area contributed by atoms with Crippen LogP contribution in [0.25, 0.3) is 0 Å². The van der Waals surface area contributed by atoms with E-state index in [2.05, 4.69) is 19.2 Å². The molecule has 84 valence electrons. The van der Waals surface area contributed by atoms with Gasteiger partial charge in [-0.3, -0.25) is 0 Å². The highest BCUT2D eigenvalue weighted by atomic mass is 16.5. The summed E-state index contributed by atoms with van der Waals surface area (Å²) < 4.78 is 5.35. The molecular weight excluding hydrogens is 174 g/mol. The summed E-state index contributed by atoms with van der Waals surface area (Å²) in [5.41, 5.74) is 0. The highest BCUT2D eigenvalue weighted by Crippen LogP contribution is 2.18. The van der Waals surface area contributed by atoms with Gasteiger partial charge in [-0.05, 0) is 44.2 Å². The molecule has 1 unspecified atom stereocenters. The summed E-state index contributed by atoms with van der Waals surface area (Å²) >= 11 is 0. The van der Waals surface area contributed by atoms with Crippen molar-refractivity contribution in [3.8, 4) is 0 Å². The maximum atomic E-state index is 5.35. The summed E-state index contributed by atoms with van der Waals surface area (Å²) in [5.74, 6) is 1.64. The molecule has 0 aliphatic carbocycles. The highest BCUT2D eigenvalue weighted by molar-refractivity contribution is 4.64.